The van der Waals surface area contributed by atoms with Crippen molar-refractivity contribution in [3.8, 4) is 17.2 Å². The average Bonchev–Trinajstić information content (AvgIpc) is 3.42. The number of rotatable bonds is 7. The molecule has 2 aromatic carbocycles. The Hall–Kier alpha value is -3.42. The van der Waals surface area contributed by atoms with Gasteiger partial charge in [0.15, 0.2) is 11.5 Å². The zero-order chi connectivity index (χ0) is 24.1. The molecule has 0 aromatic heterocycles. The van der Waals surface area contributed by atoms with E-state index in [2.05, 4.69) is 5.32 Å². The second-order valence-electron chi connectivity index (χ2n) is 8.59. The van der Waals surface area contributed by atoms with Crippen LogP contribution in [0.5, 0.6) is 17.2 Å². The zero-order valence-electron chi connectivity index (χ0n) is 20.1. The molecule has 0 unspecified atom stereocenters. The Kier molecular flexibility index (Phi) is 7.45. The predicted octanol–water partition coefficient (Wildman–Crippen LogP) is 3.38. The van der Waals surface area contributed by atoms with Gasteiger partial charge >= 0.3 is 6.03 Å². The number of likely N-dealkylation sites (tertiary alicyclic amines) is 1. The van der Waals surface area contributed by atoms with Crippen molar-refractivity contribution in [3.05, 3.63) is 53.1 Å². The van der Waals surface area contributed by atoms with Gasteiger partial charge in [0.2, 0.25) is 5.91 Å². The first-order valence-corrected chi connectivity index (χ1v) is 11.8. The Morgan fingerprint density at radius 2 is 1.62 bits per heavy atom. The monoisotopic (exact) mass is 467 g/mol. The summed E-state index contributed by atoms with van der Waals surface area (Å²) in [5, 5.41) is 2.97. The lowest BCUT2D eigenvalue weighted by Crippen LogP contribution is -2.46. The summed E-state index contributed by atoms with van der Waals surface area (Å²) in [5.41, 5.74) is 3.08. The first-order valence-electron chi connectivity index (χ1n) is 11.8. The summed E-state index contributed by atoms with van der Waals surface area (Å²) < 4.78 is 16.4. The highest BCUT2D eigenvalue weighted by molar-refractivity contribution is 5.79. The van der Waals surface area contributed by atoms with Crippen LogP contribution in [0.2, 0.25) is 0 Å². The lowest BCUT2D eigenvalue weighted by Gasteiger charge is -2.38. The lowest BCUT2D eigenvalue weighted by molar-refractivity contribution is -0.129. The van der Waals surface area contributed by atoms with E-state index in [1.165, 1.54) is 0 Å². The standard InChI is InChI=1S/C26H33N3O5/c1-32-20-8-6-18(7-9-20)25-21-17-23(34-3)22(33-2)16-19(21)11-15-29(25)26(31)27-12-10-24(30)28-13-4-5-14-28/h6-9,16-17,25H,4-5,10-15H2,1-3H3,(H,27,31)/t25-/m1/s1. The molecular weight excluding hydrogens is 434 g/mol. The number of urea groups is 1. The molecule has 0 radical (unpaired) electrons. The molecule has 2 heterocycles. The smallest absolute Gasteiger partial charge is 0.318 e. The largest absolute Gasteiger partial charge is 0.497 e. The number of benzene rings is 2. The molecule has 8 heteroatoms. The highest BCUT2D eigenvalue weighted by Gasteiger charge is 2.33. The van der Waals surface area contributed by atoms with Crippen LogP contribution in [-0.2, 0) is 11.2 Å². The summed E-state index contributed by atoms with van der Waals surface area (Å²) in [5.74, 6) is 2.15. The van der Waals surface area contributed by atoms with Crippen LogP contribution in [0.15, 0.2) is 36.4 Å². The van der Waals surface area contributed by atoms with Gasteiger partial charge in [0.05, 0.1) is 27.4 Å². The van der Waals surface area contributed by atoms with Gasteiger partial charge in [0.25, 0.3) is 0 Å². The van der Waals surface area contributed by atoms with Crippen LogP contribution in [0.4, 0.5) is 4.79 Å². The molecule has 34 heavy (non-hydrogen) atoms. The molecular formula is C26H33N3O5. The van der Waals surface area contributed by atoms with Crippen LogP contribution in [0.3, 0.4) is 0 Å². The van der Waals surface area contributed by atoms with E-state index in [9.17, 15) is 9.59 Å². The fourth-order valence-corrected chi connectivity index (χ4v) is 4.81. The molecule has 0 aliphatic carbocycles. The predicted molar refractivity (Wildman–Crippen MR) is 129 cm³/mol. The van der Waals surface area contributed by atoms with E-state index in [1.807, 2.05) is 46.2 Å². The molecule has 8 nitrogen and oxygen atoms in total. The topological polar surface area (TPSA) is 80.3 Å². The maximum absolute atomic E-state index is 13.3. The molecule has 1 atom stereocenters. The van der Waals surface area contributed by atoms with Gasteiger partial charge in [-0.3, -0.25) is 4.79 Å². The van der Waals surface area contributed by atoms with E-state index in [1.54, 1.807) is 21.3 Å². The fraction of sp³-hybridized carbons (Fsp3) is 0.462. The summed E-state index contributed by atoms with van der Waals surface area (Å²) in [6, 6.07) is 11.2. The highest BCUT2D eigenvalue weighted by atomic mass is 16.5. The van der Waals surface area contributed by atoms with Gasteiger partial charge in [-0.15, -0.1) is 0 Å². The van der Waals surface area contributed by atoms with E-state index in [4.69, 9.17) is 14.2 Å². The van der Waals surface area contributed by atoms with Crippen LogP contribution in [0, 0.1) is 0 Å². The highest BCUT2D eigenvalue weighted by Crippen LogP contribution is 2.41. The van der Waals surface area contributed by atoms with Crippen molar-refractivity contribution in [2.45, 2.75) is 31.7 Å². The van der Waals surface area contributed by atoms with Gasteiger partial charge in [-0.2, -0.15) is 0 Å². The fourth-order valence-electron chi connectivity index (χ4n) is 4.81. The molecule has 0 saturated carbocycles. The third kappa shape index (κ3) is 4.90. The van der Waals surface area contributed by atoms with E-state index in [0.29, 0.717) is 37.4 Å². The Morgan fingerprint density at radius 1 is 0.941 bits per heavy atom. The zero-order valence-corrected chi connectivity index (χ0v) is 20.1. The Labute approximate surface area is 200 Å². The van der Waals surface area contributed by atoms with Crippen molar-refractivity contribution in [2.24, 2.45) is 0 Å². The molecule has 2 aliphatic rings. The van der Waals surface area contributed by atoms with Gasteiger partial charge in [0, 0.05) is 32.6 Å². The second-order valence-corrected chi connectivity index (χ2v) is 8.59. The van der Waals surface area contributed by atoms with Crippen LogP contribution in [-0.4, -0.2) is 69.2 Å². The van der Waals surface area contributed by atoms with Crippen LogP contribution < -0.4 is 19.5 Å². The summed E-state index contributed by atoms with van der Waals surface area (Å²) in [6.07, 6.45) is 3.13. The van der Waals surface area contributed by atoms with Gasteiger partial charge < -0.3 is 29.3 Å². The number of carbonyl (C=O) groups excluding carboxylic acids is 2. The van der Waals surface area contributed by atoms with E-state index in [-0.39, 0.29) is 18.0 Å². The quantitative estimate of drug-likeness (QED) is 0.675. The van der Waals surface area contributed by atoms with E-state index >= 15 is 0 Å². The summed E-state index contributed by atoms with van der Waals surface area (Å²) >= 11 is 0. The van der Waals surface area contributed by atoms with Crippen LogP contribution in [0.25, 0.3) is 0 Å². The van der Waals surface area contributed by atoms with Crippen molar-refractivity contribution in [1.82, 2.24) is 15.1 Å². The van der Waals surface area contributed by atoms with Crippen molar-refractivity contribution in [3.63, 3.8) is 0 Å². The average molecular weight is 468 g/mol. The van der Waals surface area contributed by atoms with Gasteiger partial charge in [-0.1, -0.05) is 12.1 Å². The summed E-state index contributed by atoms with van der Waals surface area (Å²) in [4.78, 5) is 29.4. The lowest BCUT2D eigenvalue weighted by atomic mass is 9.87. The van der Waals surface area contributed by atoms with Crippen LogP contribution in [0.1, 0.15) is 42.0 Å². The van der Waals surface area contributed by atoms with Gasteiger partial charge in [0.1, 0.15) is 5.75 Å². The van der Waals surface area contributed by atoms with Crippen molar-refractivity contribution in [2.75, 3.05) is 47.5 Å². The minimum Gasteiger partial charge on any atom is -0.497 e. The Bertz CT molecular complexity index is 1020. The summed E-state index contributed by atoms with van der Waals surface area (Å²) in [6.45, 7) is 2.50. The Morgan fingerprint density at radius 3 is 2.26 bits per heavy atom. The number of methoxy groups -OCH3 is 3. The minimum atomic E-state index is -0.302. The maximum atomic E-state index is 13.3. The summed E-state index contributed by atoms with van der Waals surface area (Å²) in [7, 11) is 4.86. The first-order chi connectivity index (χ1) is 16.5. The maximum Gasteiger partial charge on any atom is 0.318 e. The van der Waals surface area contributed by atoms with E-state index < -0.39 is 0 Å². The Balaban J connectivity index is 1.57. The minimum absolute atomic E-state index is 0.102. The molecule has 1 N–H and O–H groups in total. The molecule has 1 fully saturated rings. The molecule has 2 aromatic rings. The molecule has 4 rings (SSSR count). The molecule has 0 bridgehead atoms. The number of amides is 3. The number of nitrogens with one attached hydrogen (secondary N) is 1. The van der Waals surface area contributed by atoms with Gasteiger partial charge in [-0.05, 0) is 60.2 Å². The van der Waals surface area contributed by atoms with Crippen molar-refractivity contribution < 1.29 is 23.8 Å². The van der Waals surface area contributed by atoms with E-state index in [0.717, 1.165) is 48.4 Å². The number of hydrogen-bond acceptors (Lipinski definition) is 5. The third-order valence-electron chi connectivity index (χ3n) is 6.64. The van der Waals surface area contributed by atoms with Crippen molar-refractivity contribution in [1.29, 1.82) is 0 Å². The normalized spacial score (nSPS) is 17.2. The molecule has 1 saturated heterocycles. The number of fused-ring (bicyclic) bond motifs is 1. The SMILES string of the molecule is COc1ccc([C@@H]2c3cc(OC)c(OC)cc3CCN2C(=O)NCCC(=O)N2CCCC2)cc1. The van der Waals surface area contributed by atoms with Gasteiger partial charge in [-0.25, -0.2) is 4.79 Å². The molecule has 0 spiro atoms. The van der Waals surface area contributed by atoms with Crippen LogP contribution >= 0.6 is 0 Å². The molecule has 182 valence electrons. The first kappa shape index (κ1) is 23.7. The number of ether oxygens (including phenoxy) is 3. The number of hydrogen-bond donors (Lipinski definition) is 1. The third-order valence-corrected chi connectivity index (χ3v) is 6.64. The molecule has 2 aliphatic heterocycles. The van der Waals surface area contributed by atoms with Crippen molar-refractivity contribution >= 4 is 11.9 Å². The number of nitrogens with zero attached hydrogens (tertiary/aromatic N) is 2. The number of carbonyl (C=O) groups is 2. The molecule has 3 amide bonds. The second kappa shape index (κ2) is 10.7.